The number of fused-ring (bicyclic) bond motifs is 1. The Morgan fingerprint density at radius 1 is 1.38 bits per heavy atom. The molecule has 0 unspecified atom stereocenters. The van der Waals surface area contributed by atoms with Crippen LogP contribution in [0.25, 0.3) is 0 Å². The van der Waals surface area contributed by atoms with Gasteiger partial charge >= 0.3 is 11.9 Å². The van der Waals surface area contributed by atoms with Gasteiger partial charge in [-0.05, 0) is 24.6 Å². The van der Waals surface area contributed by atoms with E-state index < -0.39 is 40.8 Å². The second-order valence-corrected chi connectivity index (χ2v) is 7.77. The topological polar surface area (TPSA) is 147 Å². The summed E-state index contributed by atoms with van der Waals surface area (Å²) in [5.41, 5.74) is 0.361. The smallest absolute Gasteiger partial charge is 0.353 e. The Bertz CT molecular complexity index is 896. The minimum Gasteiger partial charge on any atom is -0.477 e. The molecule has 29 heavy (non-hydrogen) atoms. The number of aliphatic hydroxyl groups is 1. The fourth-order valence-corrected chi connectivity index (χ4v) is 4.41. The van der Waals surface area contributed by atoms with Gasteiger partial charge in [0.25, 0.3) is 5.69 Å². The van der Waals surface area contributed by atoms with E-state index in [-0.39, 0.29) is 30.2 Å². The molecule has 2 heterocycles. The van der Waals surface area contributed by atoms with Crippen LogP contribution in [0.15, 0.2) is 34.9 Å². The summed E-state index contributed by atoms with van der Waals surface area (Å²) in [7, 11) is 0. The first-order valence-electron chi connectivity index (χ1n) is 8.70. The molecule has 2 N–H and O–H groups in total. The van der Waals surface area contributed by atoms with Gasteiger partial charge in [-0.3, -0.25) is 19.7 Å². The zero-order chi connectivity index (χ0) is 21.3. The largest absolute Gasteiger partial charge is 0.477 e. The van der Waals surface area contributed by atoms with Crippen LogP contribution in [0, 0.1) is 16.0 Å². The molecule has 0 spiro atoms. The maximum absolute atomic E-state index is 12.1. The molecule has 11 heteroatoms. The number of aliphatic hydroxyl groups excluding tert-OH is 1. The van der Waals surface area contributed by atoms with Crippen LogP contribution in [0.1, 0.15) is 18.9 Å². The number of β-lactam (4-membered cyclic amide) rings is 1. The van der Waals surface area contributed by atoms with E-state index >= 15 is 0 Å². The predicted octanol–water partition coefficient (Wildman–Crippen LogP) is 1.28. The number of carbonyl (C=O) groups is 3. The van der Waals surface area contributed by atoms with Crippen LogP contribution in [0.2, 0.25) is 0 Å². The van der Waals surface area contributed by atoms with Crippen molar-refractivity contribution in [3.8, 4) is 0 Å². The number of nitrogens with zero attached hydrogens (tertiary/aromatic N) is 2. The average Bonchev–Trinajstić information content (AvgIpc) is 2.99. The van der Waals surface area contributed by atoms with Gasteiger partial charge in [-0.25, -0.2) is 4.79 Å². The molecule has 0 aliphatic carbocycles. The lowest BCUT2D eigenvalue weighted by Gasteiger charge is -2.44. The van der Waals surface area contributed by atoms with Crippen LogP contribution in [-0.4, -0.2) is 55.8 Å². The molecule has 1 amide bonds. The molecular weight excluding hydrogens is 404 g/mol. The Morgan fingerprint density at radius 2 is 2.03 bits per heavy atom. The lowest BCUT2D eigenvalue weighted by molar-refractivity contribution is -0.384. The molecule has 1 aromatic rings. The lowest BCUT2D eigenvalue weighted by Crippen LogP contribution is -2.61. The van der Waals surface area contributed by atoms with Crippen molar-refractivity contribution in [2.24, 2.45) is 5.92 Å². The third-order valence-corrected chi connectivity index (χ3v) is 5.89. The van der Waals surface area contributed by atoms with Crippen LogP contribution in [-0.2, 0) is 25.7 Å². The number of carboxylic acids is 1. The summed E-state index contributed by atoms with van der Waals surface area (Å²) >= 11 is 0.993. The normalized spacial score (nSPS) is 21.4. The molecule has 1 aromatic carbocycles. The Kier molecular flexibility index (Phi) is 5.89. The summed E-state index contributed by atoms with van der Waals surface area (Å²) in [6, 6.07) is 5.16. The number of ether oxygens (including phenoxy) is 1. The average molecular weight is 422 g/mol. The highest BCUT2D eigenvalue weighted by atomic mass is 32.2. The number of non-ortho nitro benzene ring substituents is 1. The van der Waals surface area contributed by atoms with Gasteiger partial charge in [0.05, 0.1) is 28.7 Å². The van der Waals surface area contributed by atoms with Crippen LogP contribution in [0.3, 0.4) is 0 Å². The minimum atomic E-state index is -1.26. The van der Waals surface area contributed by atoms with Gasteiger partial charge in [0, 0.05) is 23.5 Å². The molecule has 0 radical (unpaired) electrons. The van der Waals surface area contributed by atoms with Gasteiger partial charge in [0.2, 0.25) is 5.91 Å². The molecule has 0 aromatic heterocycles. The fourth-order valence-electron chi connectivity index (χ4n) is 3.43. The molecule has 2 aliphatic rings. The fraction of sp³-hybridized carbons (Fsp3) is 0.389. The Balaban J connectivity index is 1.56. The van der Waals surface area contributed by atoms with Crippen molar-refractivity contribution in [2.45, 2.75) is 32.1 Å². The van der Waals surface area contributed by atoms with E-state index in [1.807, 2.05) is 0 Å². The van der Waals surface area contributed by atoms with E-state index in [2.05, 4.69) is 0 Å². The first-order valence-corrected chi connectivity index (χ1v) is 9.68. The zero-order valence-electron chi connectivity index (χ0n) is 15.3. The summed E-state index contributed by atoms with van der Waals surface area (Å²) in [5.74, 6) is -3.06. The minimum absolute atomic E-state index is 0.0697. The molecule has 0 saturated carbocycles. The zero-order valence-corrected chi connectivity index (χ0v) is 16.1. The highest BCUT2D eigenvalue weighted by Gasteiger charge is 2.56. The molecule has 154 valence electrons. The van der Waals surface area contributed by atoms with Gasteiger partial charge in [-0.2, -0.15) is 0 Å². The highest BCUT2D eigenvalue weighted by molar-refractivity contribution is 8.03. The monoisotopic (exact) mass is 422 g/mol. The lowest BCUT2D eigenvalue weighted by atomic mass is 9.83. The number of thioether (sulfide) groups is 1. The van der Waals surface area contributed by atoms with Crippen molar-refractivity contribution in [2.75, 3.05) is 5.75 Å². The van der Waals surface area contributed by atoms with Crippen molar-refractivity contribution < 1.29 is 34.3 Å². The quantitative estimate of drug-likeness (QED) is 0.273. The number of hydrogen-bond donors (Lipinski definition) is 2. The van der Waals surface area contributed by atoms with Gasteiger partial charge in [-0.1, -0.05) is 0 Å². The van der Waals surface area contributed by atoms with Crippen LogP contribution >= 0.6 is 11.8 Å². The van der Waals surface area contributed by atoms with Gasteiger partial charge < -0.3 is 19.8 Å². The van der Waals surface area contributed by atoms with Crippen LogP contribution < -0.4 is 0 Å². The number of aliphatic carboxylic acids is 1. The number of carbonyl (C=O) groups excluding carboxylic acids is 2. The summed E-state index contributed by atoms with van der Waals surface area (Å²) in [4.78, 5) is 47.4. The second kappa shape index (κ2) is 8.21. The van der Waals surface area contributed by atoms with Crippen molar-refractivity contribution in [1.82, 2.24) is 4.90 Å². The standard InChI is InChI=1S/C18H18N2O8S/c1-9(21)15-12-6-13(16(18(24)25)19(12)17(15)23)29-8-14(22)28-7-10-2-4-11(5-3-10)20(26)27/h2-5,9,12,15,21H,6-8H2,1H3,(H,24,25)/t9-,12+,15-/m0/s1. The third-order valence-electron chi connectivity index (χ3n) is 4.80. The Morgan fingerprint density at radius 3 is 2.59 bits per heavy atom. The van der Waals surface area contributed by atoms with Crippen molar-refractivity contribution in [1.29, 1.82) is 0 Å². The van der Waals surface area contributed by atoms with Gasteiger partial charge in [-0.15, -0.1) is 11.8 Å². The SMILES string of the molecule is C[C@H](O)[C@@H]1C(=O)N2C(C(=O)O)=C(SCC(=O)OCc3ccc([N+](=O)[O-])cc3)C[C@H]12. The molecule has 1 saturated heterocycles. The Labute approximate surface area is 169 Å². The van der Waals surface area contributed by atoms with E-state index in [1.165, 1.54) is 36.1 Å². The van der Waals surface area contributed by atoms with Gasteiger partial charge in [0.1, 0.15) is 12.3 Å². The predicted molar refractivity (Wildman–Crippen MR) is 100 cm³/mol. The molecule has 2 aliphatic heterocycles. The number of benzene rings is 1. The van der Waals surface area contributed by atoms with E-state index in [9.17, 15) is 34.7 Å². The molecule has 0 bridgehead atoms. The maximum atomic E-state index is 12.1. The first kappa shape index (κ1) is 20.8. The molecule has 1 fully saturated rings. The molecule has 3 rings (SSSR count). The van der Waals surface area contributed by atoms with E-state index in [0.29, 0.717) is 10.5 Å². The molecular formula is C18H18N2O8S. The van der Waals surface area contributed by atoms with Crippen molar-refractivity contribution in [3.05, 3.63) is 50.5 Å². The van der Waals surface area contributed by atoms with Gasteiger partial charge in [0.15, 0.2) is 0 Å². The summed E-state index contributed by atoms with van der Waals surface area (Å²) in [6.07, 6.45) is -0.613. The van der Waals surface area contributed by atoms with Crippen LogP contribution in [0.4, 0.5) is 5.69 Å². The second-order valence-electron chi connectivity index (χ2n) is 6.70. The highest BCUT2D eigenvalue weighted by Crippen LogP contribution is 2.46. The van der Waals surface area contributed by atoms with Crippen molar-refractivity contribution >= 4 is 35.3 Å². The molecule has 3 atom stereocenters. The number of nitro groups is 1. The van der Waals surface area contributed by atoms with E-state index in [1.54, 1.807) is 0 Å². The summed E-state index contributed by atoms with van der Waals surface area (Å²) in [5, 5.41) is 29.8. The number of esters is 1. The number of amides is 1. The number of carboxylic acid groups (broad SMARTS) is 1. The number of rotatable bonds is 8. The third kappa shape index (κ3) is 4.10. The summed E-state index contributed by atoms with van der Waals surface area (Å²) < 4.78 is 5.11. The maximum Gasteiger partial charge on any atom is 0.353 e. The van der Waals surface area contributed by atoms with Crippen LogP contribution in [0.5, 0.6) is 0 Å². The number of nitro benzene ring substituents is 1. The van der Waals surface area contributed by atoms with Crippen molar-refractivity contribution in [3.63, 3.8) is 0 Å². The molecule has 10 nitrogen and oxygen atoms in total. The van der Waals surface area contributed by atoms with E-state index in [0.717, 1.165) is 11.8 Å². The van der Waals surface area contributed by atoms with E-state index in [4.69, 9.17) is 4.74 Å². The number of hydrogen-bond acceptors (Lipinski definition) is 8. The first-order chi connectivity index (χ1) is 13.7. The summed E-state index contributed by atoms with van der Waals surface area (Å²) in [6.45, 7) is 1.42. The Hall–Kier alpha value is -2.92.